The third kappa shape index (κ3) is 17.4. The first kappa shape index (κ1) is 53.9. The van der Waals surface area contributed by atoms with Crippen LogP contribution in [0.3, 0.4) is 0 Å². The van der Waals surface area contributed by atoms with Crippen molar-refractivity contribution >= 4 is 46.7 Å². The molecule has 0 N–H and O–H groups in total. The molecule has 0 bridgehead atoms. The van der Waals surface area contributed by atoms with Gasteiger partial charge in [-0.2, -0.15) is 12.6 Å². The van der Waals surface area contributed by atoms with Crippen LogP contribution in [0.4, 0.5) is 20.2 Å². The summed E-state index contributed by atoms with van der Waals surface area (Å²) in [5.74, 6) is 6.76. The Morgan fingerprint density at radius 3 is 2.10 bits per heavy atom. The van der Waals surface area contributed by atoms with Crippen LogP contribution in [0.15, 0.2) is 128 Å². The van der Waals surface area contributed by atoms with Crippen LogP contribution < -0.4 is 23.8 Å². The van der Waals surface area contributed by atoms with Gasteiger partial charge in [-0.3, -0.25) is 0 Å². The van der Waals surface area contributed by atoms with E-state index in [1.54, 1.807) is 25.3 Å². The SMILES string of the molecule is C=CC(=O)OCCCCCCN(c1ccc(C#Cc2cc(F)cc(F)c2)cc1)c1cc(CCc2ccc(OC(=O)c3ccc4cc(OCCCOC5CO5)ccc4c3)c(OC)c2)ccc1OCCCCCCS. The molecule has 1 heterocycles. The number of thiol groups is 1. The number of methoxy groups -OCH3 is 1. The molecule has 10 nitrogen and oxygen atoms in total. The molecule has 1 aliphatic heterocycles. The van der Waals surface area contributed by atoms with Crippen molar-refractivity contribution < 1.29 is 51.5 Å². The molecular formula is C60H63F2NO9S. The van der Waals surface area contributed by atoms with Crippen molar-refractivity contribution in [2.24, 2.45) is 0 Å². The minimum Gasteiger partial charge on any atom is -0.493 e. The Bertz CT molecular complexity index is 2820. The van der Waals surface area contributed by atoms with Gasteiger partial charge < -0.3 is 38.1 Å². The number of hydrogen-bond acceptors (Lipinski definition) is 11. The standard InChI is InChI=1S/C60H63F2NO9S/c1-3-58(64)69-31-10-5-4-8-29-63(52-24-17-43(18-25-52)13-16-46-35-50(61)41-51(62)36-46)54-37-44(19-27-55(54)68-30-9-6-7-11-34-73)14-15-45-20-28-56(57(38-45)66-2)72-60(65)49-22-21-48-40-53(26-23-47(48)39-49)67-32-12-33-70-59-42-71-59/h3,17-28,35-41,59,73H,1,4-12,14-15,29-34,42H2,2H3. The molecule has 0 amide bonds. The van der Waals surface area contributed by atoms with Crippen LogP contribution >= 0.6 is 12.6 Å². The number of rotatable bonds is 29. The Labute approximate surface area is 432 Å². The third-order valence-corrected chi connectivity index (χ3v) is 12.4. The Hall–Kier alpha value is -6.85. The zero-order chi connectivity index (χ0) is 51.2. The lowest BCUT2D eigenvalue weighted by atomic mass is 10.0. The maximum absolute atomic E-state index is 13.9. The maximum Gasteiger partial charge on any atom is 0.343 e. The van der Waals surface area contributed by atoms with E-state index >= 15 is 0 Å². The van der Waals surface area contributed by atoms with Crippen LogP contribution in [0.5, 0.6) is 23.0 Å². The number of nitrogens with zero attached hydrogens (tertiary/aromatic N) is 1. The quantitative estimate of drug-likeness (QED) is 0.00929. The largest absolute Gasteiger partial charge is 0.493 e. The highest BCUT2D eigenvalue weighted by atomic mass is 32.1. The van der Waals surface area contributed by atoms with Crippen molar-refractivity contribution in [3.63, 3.8) is 0 Å². The molecule has 1 unspecified atom stereocenters. The van der Waals surface area contributed by atoms with Crippen LogP contribution in [-0.4, -0.2) is 70.7 Å². The van der Waals surface area contributed by atoms with E-state index in [2.05, 4.69) is 48.1 Å². The van der Waals surface area contributed by atoms with Gasteiger partial charge in [-0.15, -0.1) is 0 Å². The van der Waals surface area contributed by atoms with Gasteiger partial charge in [-0.1, -0.05) is 61.9 Å². The Balaban J connectivity index is 1.05. The van der Waals surface area contributed by atoms with Crippen LogP contribution in [0.25, 0.3) is 10.8 Å². The zero-order valence-corrected chi connectivity index (χ0v) is 42.3. The van der Waals surface area contributed by atoms with E-state index in [4.69, 9.17) is 33.2 Å². The van der Waals surface area contributed by atoms with Gasteiger partial charge in [0.25, 0.3) is 0 Å². The Morgan fingerprint density at radius 1 is 0.685 bits per heavy atom. The number of carbonyl (C=O) groups excluding carboxylic acids is 2. The molecule has 7 rings (SSSR count). The first-order valence-corrected chi connectivity index (χ1v) is 25.6. The predicted octanol–water partition coefficient (Wildman–Crippen LogP) is 13.0. The van der Waals surface area contributed by atoms with Crippen molar-refractivity contribution in [1.82, 2.24) is 0 Å². The van der Waals surface area contributed by atoms with Gasteiger partial charge in [0.15, 0.2) is 17.8 Å². The molecule has 6 aromatic rings. The number of unbranched alkanes of at least 4 members (excludes halogenated alkanes) is 6. The van der Waals surface area contributed by atoms with E-state index in [-0.39, 0.29) is 11.9 Å². The fraction of sp³-hybridized carbons (Fsp3) is 0.333. The molecule has 0 aromatic heterocycles. The van der Waals surface area contributed by atoms with Gasteiger partial charge in [0, 0.05) is 41.9 Å². The number of halogens is 2. The van der Waals surface area contributed by atoms with Crippen molar-refractivity contribution in [3.8, 4) is 34.8 Å². The van der Waals surface area contributed by atoms with Gasteiger partial charge in [-0.05, 0) is 158 Å². The van der Waals surface area contributed by atoms with Crippen LogP contribution in [0.2, 0.25) is 0 Å². The number of anilines is 2. The van der Waals surface area contributed by atoms with Crippen LogP contribution in [0, 0.1) is 23.5 Å². The van der Waals surface area contributed by atoms with E-state index < -0.39 is 23.6 Å². The average Bonchev–Trinajstić information content (AvgIpc) is 4.24. The highest BCUT2D eigenvalue weighted by Crippen LogP contribution is 2.37. The third-order valence-electron chi connectivity index (χ3n) is 12.0. The summed E-state index contributed by atoms with van der Waals surface area (Å²) in [6.07, 6.45) is 10.7. The van der Waals surface area contributed by atoms with Crippen molar-refractivity contribution in [1.29, 1.82) is 0 Å². The molecular weight excluding hydrogens is 949 g/mol. The summed E-state index contributed by atoms with van der Waals surface area (Å²) in [6, 6.07) is 34.2. The number of epoxide rings is 1. The lowest BCUT2D eigenvalue weighted by Crippen LogP contribution is -2.20. The Kier molecular flexibility index (Phi) is 21.0. The first-order valence-electron chi connectivity index (χ1n) is 25.0. The molecule has 1 aliphatic rings. The number of fused-ring (bicyclic) bond motifs is 1. The number of carbonyl (C=O) groups is 2. The fourth-order valence-corrected chi connectivity index (χ4v) is 8.30. The zero-order valence-electron chi connectivity index (χ0n) is 41.4. The molecule has 0 radical (unpaired) electrons. The minimum atomic E-state index is -0.681. The molecule has 1 atom stereocenters. The summed E-state index contributed by atoms with van der Waals surface area (Å²) < 4.78 is 67.6. The summed E-state index contributed by atoms with van der Waals surface area (Å²) in [4.78, 5) is 27.3. The lowest BCUT2D eigenvalue weighted by molar-refractivity contribution is -0.137. The van der Waals surface area contributed by atoms with Crippen LogP contribution in [-0.2, 0) is 31.8 Å². The van der Waals surface area contributed by atoms with Gasteiger partial charge in [-0.25, -0.2) is 18.4 Å². The van der Waals surface area contributed by atoms with Gasteiger partial charge >= 0.3 is 11.9 Å². The number of hydrogen-bond donors (Lipinski definition) is 1. The highest BCUT2D eigenvalue weighted by molar-refractivity contribution is 7.80. The predicted molar refractivity (Wildman–Crippen MR) is 285 cm³/mol. The molecule has 13 heteroatoms. The minimum absolute atomic E-state index is 0.0609. The maximum atomic E-state index is 13.9. The van der Waals surface area contributed by atoms with E-state index in [1.807, 2.05) is 66.7 Å². The van der Waals surface area contributed by atoms with E-state index in [0.29, 0.717) is 75.0 Å². The molecule has 73 heavy (non-hydrogen) atoms. The first-order chi connectivity index (χ1) is 35.7. The highest BCUT2D eigenvalue weighted by Gasteiger charge is 2.22. The summed E-state index contributed by atoms with van der Waals surface area (Å²) in [5, 5.41) is 1.82. The molecule has 6 aromatic carbocycles. The molecule has 382 valence electrons. The van der Waals surface area contributed by atoms with Gasteiger partial charge in [0.1, 0.15) is 29.7 Å². The second-order valence-corrected chi connectivity index (χ2v) is 18.1. The molecule has 0 saturated carbocycles. The second kappa shape index (κ2) is 28.4. The van der Waals surface area contributed by atoms with Crippen molar-refractivity contribution in [2.75, 3.05) is 57.3 Å². The summed E-state index contributed by atoms with van der Waals surface area (Å²) in [6.45, 7) is 6.80. The lowest BCUT2D eigenvalue weighted by Gasteiger charge is -2.28. The summed E-state index contributed by atoms with van der Waals surface area (Å²) >= 11 is 4.37. The summed E-state index contributed by atoms with van der Waals surface area (Å²) in [7, 11) is 1.56. The summed E-state index contributed by atoms with van der Waals surface area (Å²) in [5.41, 5.74) is 5.29. The fourth-order valence-electron chi connectivity index (χ4n) is 8.08. The van der Waals surface area contributed by atoms with E-state index in [9.17, 15) is 18.4 Å². The van der Waals surface area contributed by atoms with Gasteiger partial charge in [0.05, 0.1) is 44.8 Å². The normalized spacial score (nSPS) is 12.6. The monoisotopic (exact) mass is 1010 g/mol. The van der Waals surface area contributed by atoms with E-state index in [0.717, 1.165) is 114 Å². The van der Waals surface area contributed by atoms with Gasteiger partial charge in [0.2, 0.25) is 0 Å². The molecule has 0 spiro atoms. The second-order valence-electron chi connectivity index (χ2n) is 17.6. The van der Waals surface area contributed by atoms with Crippen molar-refractivity contribution in [2.45, 2.75) is 76.9 Å². The number of ether oxygens (including phenoxy) is 7. The van der Waals surface area contributed by atoms with E-state index in [1.165, 1.54) is 18.2 Å². The molecule has 1 fully saturated rings. The number of benzene rings is 6. The molecule has 0 aliphatic carbocycles. The van der Waals surface area contributed by atoms with Crippen molar-refractivity contribution in [3.05, 3.63) is 167 Å². The molecule has 1 saturated heterocycles. The van der Waals surface area contributed by atoms with Crippen LogP contribution in [0.1, 0.15) is 90.4 Å². The number of aryl methyl sites for hydroxylation is 2. The number of esters is 2. The topological polar surface area (TPSA) is 105 Å². The average molecular weight is 1010 g/mol. The Morgan fingerprint density at radius 2 is 1.36 bits per heavy atom. The smallest absolute Gasteiger partial charge is 0.343 e.